The third-order valence-corrected chi connectivity index (χ3v) is 4.23. The van der Waals surface area contributed by atoms with Crippen molar-refractivity contribution in [1.82, 2.24) is 4.98 Å². The number of aromatic nitrogens is 1. The zero-order valence-electron chi connectivity index (χ0n) is 12.5. The summed E-state index contributed by atoms with van der Waals surface area (Å²) in [6.07, 6.45) is 2.04. The van der Waals surface area contributed by atoms with Gasteiger partial charge in [0.1, 0.15) is 0 Å². The number of nitro benzene ring substituents is 1. The van der Waals surface area contributed by atoms with Gasteiger partial charge in [-0.1, -0.05) is 0 Å². The minimum atomic E-state index is -0.379. The topological polar surface area (TPSA) is 79.5 Å². The molecule has 1 fully saturated rings. The van der Waals surface area contributed by atoms with Gasteiger partial charge in [-0.05, 0) is 37.8 Å². The van der Waals surface area contributed by atoms with Crippen LogP contribution in [0.3, 0.4) is 0 Å². The fourth-order valence-electron chi connectivity index (χ4n) is 3.13. The van der Waals surface area contributed by atoms with E-state index in [1.165, 1.54) is 6.07 Å². The standard InChI is InChI=1S/C16H19N3O3/c1-11-7-16(18-6-2-3-12(9-18)10-20)14-8-13(19(21)22)4-5-15(14)17-11/h4-5,7-8,12,20H,2-3,6,9-10H2,1H3. The van der Waals surface area contributed by atoms with E-state index >= 15 is 0 Å². The van der Waals surface area contributed by atoms with Gasteiger partial charge in [-0.15, -0.1) is 0 Å². The Morgan fingerprint density at radius 2 is 2.27 bits per heavy atom. The van der Waals surface area contributed by atoms with Crippen LogP contribution in [-0.2, 0) is 0 Å². The van der Waals surface area contributed by atoms with Gasteiger partial charge in [0.05, 0.1) is 10.4 Å². The molecule has 2 heterocycles. The van der Waals surface area contributed by atoms with Crippen molar-refractivity contribution in [3.63, 3.8) is 0 Å². The second-order valence-corrected chi connectivity index (χ2v) is 5.88. The number of nitrogens with zero attached hydrogens (tertiary/aromatic N) is 3. The maximum atomic E-state index is 11.0. The molecule has 1 N–H and O–H groups in total. The molecule has 0 spiro atoms. The SMILES string of the molecule is Cc1cc(N2CCCC(CO)C2)c2cc([N+](=O)[O-])ccc2n1. The number of aliphatic hydroxyl groups excluding tert-OH is 1. The number of benzene rings is 1. The summed E-state index contributed by atoms with van der Waals surface area (Å²) in [6.45, 7) is 3.78. The molecule has 1 saturated heterocycles. The highest BCUT2D eigenvalue weighted by Gasteiger charge is 2.22. The number of fused-ring (bicyclic) bond motifs is 1. The Hall–Kier alpha value is -2.21. The van der Waals surface area contributed by atoms with Crippen molar-refractivity contribution in [3.05, 3.63) is 40.1 Å². The normalized spacial score (nSPS) is 18.6. The van der Waals surface area contributed by atoms with Gasteiger partial charge in [0.25, 0.3) is 5.69 Å². The fourth-order valence-corrected chi connectivity index (χ4v) is 3.13. The number of nitro groups is 1. The zero-order valence-corrected chi connectivity index (χ0v) is 12.5. The summed E-state index contributed by atoms with van der Waals surface area (Å²) in [6, 6.07) is 6.77. The summed E-state index contributed by atoms with van der Waals surface area (Å²) in [4.78, 5) is 17.3. The predicted octanol–water partition coefficient (Wildman–Crippen LogP) is 2.66. The Balaban J connectivity index is 2.10. The average Bonchev–Trinajstić information content (AvgIpc) is 2.53. The van der Waals surface area contributed by atoms with Crippen LogP contribution < -0.4 is 4.90 Å². The average molecular weight is 301 g/mol. The van der Waals surface area contributed by atoms with Crippen molar-refractivity contribution in [2.45, 2.75) is 19.8 Å². The molecule has 0 amide bonds. The molecule has 1 aliphatic heterocycles. The first-order chi connectivity index (χ1) is 10.6. The molecule has 1 atom stereocenters. The highest BCUT2D eigenvalue weighted by Crippen LogP contribution is 2.32. The van der Waals surface area contributed by atoms with Gasteiger partial charge in [-0.25, -0.2) is 0 Å². The third kappa shape index (κ3) is 2.74. The summed E-state index contributed by atoms with van der Waals surface area (Å²) in [5, 5.41) is 21.3. The Labute approximate surface area is 128 Å². The van der Waals surface area contributed by atoms with Crippen LogP contribution in [0.1, 0.15) is 18.5 Å². The molecule has 1 aromatic heterocycles. The molecular formula is C16H19N3O3. The predicted molar refractivity (Wildman–Crippen MR) is 85.2 cm³/mol. The Kier molecular flexibility index (Phi) is 3.94. The highest BCUT2D eigenvalue weighted by atomic mass is 16.6. The molecule has 1 aromatic carbocycles. The van der Waals surface area contributed by atoms with E-state index in [1.807, 2.05) is 13.0 Å². The lowest BCUT2D eigenvalue weighted by Crippen LogP contribution is -2.37. The van der Waals surface area contributed by atoms with Gasteiger partial charge in [-0.2, -0.15) is 0 Å². The van der Waals surface area contributed by atoms with E-state index in [0.717, 1.165) is 48.2 Å². The van der Waals surface area contributed by atoms with Gasteiger partial charge >= 0.3 is 0 Å². The minimum Gasteiger partial charge on any atom is -0.396 e. The second-order valence-electron chi connectivity index (χ2n) is 5.88. The van der Waals surface area contributed by atoms with E-state index in [9.17, 15) is 15.2 Å². The molecule has 0 radical (unpaired) electrons. The first kappa shape index (κ1) is 14.7. The summed E-state index contributed by atoms with van der Waals surface area (Å²) >= 11 is 0. The number of non-ortho nitro benzene ring substituents is 1. The minimum absolute atomic E-state index is 0.0788. The molecule has 1 aliphatic rings. The lowest BCUT2D eigenvalue weighted by atomic mass is 9.98. The lowest BCUT2D eigenvalue weighted by Gasteiger charge is -2.34. The van der Waals surface area contributed by atoms with E-state index < -0.39 is 0 Å². The lowest BCUT2D eigenvalue weighted by molar-refractivity contribution is -0.384. The van der Waals surface area contributed by atoms with Crippen molar-refractivity contribution in [2.24, 2.45) is 5.92 Å². The monoisotopic (exact) mass is 301 g/mol. The maximum absolute atomic E-state index is 11.0. The highest BCUT2D eigenvalue weighted by molar-refractivity contribution is 5.93. The first-order valence-corrected chi connectivity index (χ1v) is 7.50. The second kappa shape index (κ2) is 5.88. The van der Waals surface area contributed by atoms with Crippen molar-refractivity contribution < 1.29 is 10.0 Å². The van der Waals surface area contributed by atoms with Gasteiger partial charge in [0.2, 0.25) is 0 Å². The van der Waals surface area contributed by atoms with E-state index in [-0.39, 0.29) is 23.1 Å². The molecule has 0 saturated carbocycles. The molecule has 6 nitrogen and oxygen atoms in total. The van der Waals surface area contributed by atoms with Gasteiger partial charge in [0.15, 0.2) is 0 Å². The number of anilines is 1. The summed E-state index contributed by atoms with van der Waals surface area (Å²) in [5.74, 6) is 0.260. The smallest absolute Gasteiger partial charge is 0.270 e. The van der Waals surface area contributed by atoms with Crippen LogP contribution in [0.2, 0.25) is 0 Å². The van der Waals surface area contributed by atoms with Crippen LogP contribution in [0.25, 0.3) is 10.9 Å². The summed E-state index contributed by atoms with van der Waals surface area (Å²) < 4.78 is 0. The van der Waals surface area contributed by atoms with Crippen molar-refractivity contribution in [2.75, 3.05) is 24.6 Å². The van der Waals surface area contributed by atoms with Crippen LogP contribution in [0.5, 0.6) is 0 Å². The molecule has 1 unspecified atom stereocenters. The third-order valence-electron chi connectivity index (χ3n) is 4.23. The number of aryl methyl sites for hydroxylation is 1. The fraction of sp³-hybridized carbons (Fsp3) is 0.438. The summed E-state index contributed by atoms with van der Waals surface area (Å²) in [5.41, 5.74) is 2.72. The number of piperidine rings is 1. The molecular weight excluding hydrogens is 282 g/mol. The number of rotatable bonds is 3. The van der Waals surface area contributed by atoms with E-state index in [2.05, 4.69) is 9.88 Å². The Morgan fingerprint density at radius 1 is 1.45 bits per heavy atom. The number of pyridine rings is 1. The van der Waals surface area contributed by atoms with Crippen LogP contribution in [0.4, 0.5) is 11.4 Å². The van der Waals surface area contributed by atoms with Gasteiger partial charge < -0.3 is 10.0 Å². The molecule has 2 aromatic rings. The zero-order chi connectivity index (χ0) is 15.7. The summed E-state index contributed by atoms with van der Waals surface area (Å²) in [7, 11) is 0. The van der Waals surface area contributed by atoms with Gasteiger partial charge in [0, 0.05) is 48.6 Å². The van der Waals surface area contributed by atoms with Gasteiger partial charge in [-0.3, -0.25) is 15.1 Å². The first-order valence-electron chi connectivity index (χ1n) is 7.50. The Morgan fingerprint density at radius 3 is 3.00 bits per heavy atom. The van der Waals surface area contributed by atoms with Crippen molar-refractivity contribution in [3.8, 4) is 0 Å². The van der Waals surface area contributed by atoms with E-state index in [0.29, 0.717) is 0 Å². The number of hydrogen-bond donors (Lipinski definition) is 1. The molecule has 0 aliphatic carbocycles. The molecule has 6 heteroatoms. The van der Waals surface area contributed by atoms with Crippen LogP contribution >= 0.6 is 0 Å². The number of hydrogen-bond acceptors (Lipinski definition) is 5. The van der Waals surface area contributed by atoms with Crippen LogP contribution in [0, 0.1) is 23.0 Å². The molecule has 3 rings (SSSR count). The van der Waals surface area contributed by atoms with Crippen LogP contribution in [0.15, 0.2) is 24.3 Å². The largest absolute Gasteiger partial charge is 0.396 e. The quantitative estimate of drug-likeness (QED) is 0.696. The Bertz CT molecular complexity index is 717. The molecule has 22 heavy (non-hydrogen) atoms. The van der Waals surface area contributed by atoms with E-state index in [4.69, 9.17) is 0 Å². The molecule has 0 bridgehead atoms. The van der Waals surface area contributed by atoms with Crippen LogP contribution in [-0.4, -0.2) is 34.7 Å². The van der Waals surface area contributed by atoms with Crippen molar-refractivity contribution >= 4 is 22.3 Å². The van der Waals surface area contributed by atoms with Crippen molar-refractivity contribution in [1.29, 1.82) is 0 Å². The maximum Gasteiger partial charge on any atom is 0.270 e. The molecule has 116 valence electrons. The number of aliphatic hydroxyl groups is 1. The van der Waals surface area contributed by atoms with E-state index in [1.54, 1.807) is 12.1 Å².